The van der Waals surface area contributed by atoms with E-state index < -0.39 is 10.0 Å². The van der Waals surface area contributed by atoms with Gasteiger partial charge in [0.25, 0.3) is 10.0 Å². The summed E-state index contributed by atoms with van der Waals surface area (Å²) in [5.41, 5.74) is 1.52. The summed E-state index contributed by atoms with van der Waals surface area (Å²) in [5, 5.41) is 5.21. The van der Waals surface area contributed by atoms with Crippen molar-refractivity contribution in [2.24, 2.45) is 0 Å². The molecule has 2 heterocycles. The van der Waals surface area contributed by atoms with Gasteiger partial charge in [0.1, 0.15) is 5.82 Å². The molecule has 1 aliphatic rings. The first kappa shape index (κ1) is 21.4. The Morgan fingerprint density at radius 1 is 1.23 bits per heavy atom. The van der Waals surface area contributed by atoms with Crippen LogP contribution in [0.2, 0.25) is 0 Å². The molecule has 1 amide bonds. The first-order valence-electron chi connectivity index (χ1n) is 9.74. The number of aromatic nitrogens is 1. The number of halogens is 1. The minimum Gasteiger partial charge on any atom is -0.311 e. The van der Waals surface area contributed by atoms with E-state index in [1.807, 2.05) is 6.07 Å². The fourth-order valence-electron chi connectivity index (χ4n) is 3.46. The van der Waals surface area contributed by atoms with Crippen LogP contribution in [0.3, 0.4) is 0 Å². The molecule has 1 saturated heterocycles. The van der Waals surface area contributed by atoms with Gasteiger partial charge in [-0.05, 0) is 61.3 Å². The summed E-state index contributed by atoms with van der Waals surface area (Å²) in [6.07, 6.45) is 2.79. The Morgan fingerprint density at radius 3 is 2.74 bits per heavy atom. The summed E-state index contributed by atoms with van der Waals surface area (Å²) in [6, 6.07) is 12.3. The van der Waals surface area contributed by atoms with Crippen molar-refractivity contribution in [3.63, 3.8) is 0 Å². The summed E-state index contributed by atoms with van der Waals surface area (Å²) in [5.74, 6) is -0.330. The average Bonchev–Trinajstić information content (AvgIpc) is 3.38. The Labute approximate surface area is 185 Å². The fourth-order valence-corrected chi connectivity index (χ4v) is 5.25. The van der Waals surface area contributed by atoms with Gasteiger partial charge in [0.05, 0.1) is 10.9 Å². The third-order valence-electron chi connectivity index (χ3n) is 5.01. The van der Waals surface area contributed by atoms with Gasteiger partial charge in [-0.2, -0.15) is 0 Å². The number of anilines is 2. The highest BCUT2D eigenvalue weighted by Crippen LogP contribution is 2.25. The van der Waals surface area contributed by atoms with Crippen LogP contribution in [0.25, 0.3) is 0 Å². The molecule has 0 saturated carbocycles. The van der Waals surface area contributed by atoms with E-state index >= 15 is 0 Å². The van der Waals surface area contributed by atoms with Gasteiger partial charge in [0.15, 0.2) is 5.13 Å². The highest BCUT2D eigenvalue weighted by Gasteiger charge is 2.32. The zero-order valence-electron chi connectivity index (χ0n) is 16.5. The van der Waals surface area contributed by atoms with Crippen LogP contribution in [-0.2, 0) is 21.2 Å². The molecule has 164 valence electrons. The van der Waals surface area contributed by atoms with Gasteiger partial charge in [-0.3, -0.25) is 9.52 Å². The highest BCUT2D eigenvalue weighted by atomic mass is 32.2. The number of carbonyl (C=O) groups excluding carboxylic acids is 1. The maximum atomic E-state index is 13.3. The number of sulfonamides is 1. The van der Waals surface area contributed by atoms with Crippen LogP contribution in [0.5, 0.6) is 0 Å². The van der Waals surface area contributed by atoms with Crippen LogP contribution in [0.4, 0.5) is 15.2 Å². The second-order valence-electron chi connectivity index (χ2n) is 7.10. The lowest BCUT2D eigenvalue weighted by Crippen LogP contribution is -2.39. The Kier molecular flexibility index (Phi) is 6.30. The number of amides is 1. The predicted octanol–water partition coefficient (Wildman–Crippen LogP) is 3.27. The lowest BCUT2D eigenvalue weighted by atomic mass is 10.1. The largest absolute Gasteiger partial charge is 0.311 e. The highest BCUT2D eigenvalue weighted by molar-refractivity contribution is 7.93. The molecule has 1 aliphatic heterocycles. The molecule has 1 aromatic heterocycles. The number of rotatable bonds is 8. The van der Waals surface area contributed by atoms with Crippen molar-refractivity contribution in [1.29, 1.82) is 0 Å². The van der Waals surface area contributed by atoms with Gasteiger partial charge >= 0.3 is 0 Å². The van der Waals surface area contributed by atoms with E-state index in [-0.39, 0.29) is 24.1 Å². The van der Waals surface area contributed by atoms with Gasteiger partial charge in [-0.1, -0.05) is 12.1 Å². The molecule has 0 aliphatic carbocycles. The number of thiazole rings is 1. The maximum Gasteiger partial charge on any atom is 0.263 e. The van der Waals surface area contributed by atoms with Gasteiger partial charge in [0.2, 0.25) is 5.91 Å². The second kappa shape index (κ2) is 9.13. The topological polar surface area (TPSA) is 91.4 Å². The molecule has 31 heavy (non-hydrogen) atoms. The van der Waals surface area contributed by atoms with E-state index in [0.29, 0.717) is 36.8 Å². The van der Waals surface area contributed by atoms with E-state index in [1.54, 1.807) is 28.5 Å². The van der Waals surface area contributed by atoms with Crippen LogP contribution in [0, 0.1) is 5.82 Å². The number of benzene rings is 2. The van der Waals surface area contributed by atoms with Crippen molar-refractivity contribution in [2.45, 2.75) is 23.8 Å². The Morgan fingerprint density at radius 2 is 2.03 bits per heavy atom. The van der Waals surface area contributed by atoms with Gasteiger partial charge < -0.3 is 10.2 Å². The summed E-state index contributed by atoms with van der Waals surface area (Å²) < 4.78 is 40.6. The molecular formula is C21H23FN4O3S2. The zero-order chi connectivity index (χ0) is 21.8. The molecule has 7 nitrogen and oxygen atoms in total. The fraction of sp³-hybridized carbons (Fsp3) is 0.238. The summed E-state index contributed by atoms with van der Waals surface area (Å²) in [7, 11) is -3.73. The normalized spacial score (nSPS) is 16.6. The van der Waals surface area contributed by atoms with Crippen molar-refractivity contribution in [1.82, 2.24) is 10.3 Å². The van der Waals surface area contributed by atoms with Crippen molar-refractivity contribution < 1.29 is 19.0 Å². The van der Waals surface area contributed by atoms with Crippen molar-refractivity contribution in [3.05, 3.63) is 71.5 Å². The van der Waals surface area contributed by atoms with E-state index in [2.05, 4.69) is 15.0 Å². The molecule has 0 unspecified atom stereocenters. The molecule has 2 aromatic carbocycles. The molecule has 0 bridgehead atoms. The third-order valence-corrected chi connectivity index (χ3v) is 7.18. The average molecular weight is 463 g/mol. The monoisotopic (exact) mass is 462 g/mol. The van der Waals surface area contributed by atoms with Crippen LogP contribution in [0.15, 0.2) is 65.0 Å². The van der Waals surface area contributed by atoms with Crippen LogP contribution >= 0.6 is 11.3 Å². The SMILES string of the molecule is O=C1[C@@H](NCCc2cccc(F)c2)CCN1c1ccc(S(=O)(=O)Nc2nccs2)cc1.[HH]. The number of nitrogens with one attached hydrogen (secondary N) is 2. The molecule has 2 N–H and O–H groups in total. The molecule has 0 radical (unpaired) electrons. The zero-order valence-corrected chi connectivity index (χ0v) is 18.1. The Hall–Kier alpha value is -2.82. The lowest BCUT2D eigenvalue weighted by Gasteiger charge is -2.18. The van der Waals surface area contributed by atoms with Crippen LogP contribution in [-0.4, -0.2) is 38.4 Å². The molecule has 1 atom stereocenters. The second-order valence-corrected chi connectivity index (χ2v) is 9.68. The maximum absolute atomic E-state index is 13.3. The lowest BCUT2D eigenvalue weighted by molar-refractivity contribution is -0.118. The molecule has 1 fully saturated rings. The quantitative estimate of drug-likeness (QED) is 0.536. The van der Waals surface area contributed by atoms with E-state index in [4.69, 9.17) is 0 Å². The molecule has 3 aromatic rings. The minimum absolute atomic E-state index is 0. The first-order chi connectivity index (χ1) is 14.9. The number of hydrogen-bond donors (Lipinski definition) is 2. The Bertz CT molecular complexity index is 1160. The van der Waals surface area contributed by atoms with Crippen molar-refractivity contribution in [2.75, 3.05) is 22.7 Å². The predicted molar refractivity (Wildman–Crippen MR) is 120 cm³/mol. The third kappa shape index (κ3) is 5.09. The van der Waals surface area contributed by atoms with E-state index in [0.717, 1.165) is 5.56 Å². The van der Waals surface area contributed by atoms with Crippen LogP contribution in [0.1, 0.15) is 13.4 Å². The number of hydrogen-bond acceptors (Lipinski definition) is 6. The summed E-state index contributed by atoms with van der Waals surface area (Å²) >= 11 is 1.19. The van der Waals surface area contributed by atoms with Crippen LogP contribution < -0.4 is 14.9 Å². The molecule has 4 rings (SSSR count). The Balaban J connectivity index is 0.00000289. The molecule has 0 spiro atoms. The molecule has 10 heteroatoms. The van der Waals surface area contributed by atoms with Gasteiger partial charge in [-0.15, -0.1) is 11.3 Å². The van der Waals surface area contributed by atoms with Crippen molar-refractivity contribution in [3.8, 4) is 0 Å². The smallest absolute Gasteiger partial charge is 0.263 e. The standard InChI is InChI=1S/C21H21FN4O3S2.H2/c22-16-3-1-2-15(14-16)8-10-23-19-9-12-26(20(19)27)17-4-6-18(7-5-17)31(28,29)25-21-24-11-13-30-21;/h1-7,11,13-14,19,23H,8-10,12H2,(H,24,25);1H/t19-;/m0./s1. The summed E-state index contributed by atoms with van der Waals surface area (Å²) in [4.78, 5) is 18.4. The van der Waals surface area contributed by atoms with Gasteiger partial charge in [-0.25, -0.2) is 17.8 Å². The number of nitrogens with zero attached hydrogens (tertiary/aromatic N) is 2. The minimum atomic E-state index is -3.73. The van der Waals surface area contributed by atoms with E-state index in [1.165, 1.54) is 41.8 Å². The molecular weight excluding hydrogens is 439 g/mol. The number of carbonyl (C=O) groups is 1. The van der Waals surface area contributed by atoms with E-state index in [9.17, 15) is 17.6 Å². The first-order valence-corrected chi connectivity index (χ1v) is 12.1. The van der Waals surface area contributed by atoms with Crippen molar-refractivity contribution >= 4 is 38.1 Å². The summed E-state index contributed by atoms with van der Waals surface area (Å²) in [6.45, 7) is 1.10. The van der Waals surface area contributed by atoms with Gasteiger partial charge in [0, 0.05) is 25.2 Å².